The topological polar surface area (TPSA) is 21.3 Å². The van der Waals surface area contributed by atoms with Gasteiger partial charge in [-0.1, -0.05) is 33.6 Å². The van der Waals surface area contributed by atoms with Gasteiger partial charge in [0.1, 0.15) is 5.75 Å². The van der Waals surface area contributed by atoms with E-state index in [4.69, 9.17) is 16.3 Å². The molecule has 0 heterocycles. The van der Waals surface area contributed by atoms with Crippen molar-refractivity contribution in [1.29, 1.82) is 0 Å². The Hall–Kier alpha value is -1.19. The van der Waals surface area contributed by atoms with Crippen LogP contribution in [0.4, 0.5) is 5.69 Å². The molecule has 0 aliphatic carbocycles. The number of benzene rings is 2. The molecule has 0 aliphatic rings. The Morgan fingerprint density at radius 2 is 2.00 bits per heavy atom. The van der Waals surface area contributed by atoms with E-state index in [0.29, 0.717) is 11.6 Å². The minimum Gasteiger partial charge on any atom is -0.496 e. The summed E-state index contributed by atoms with van der Waals surface area (Å²) in [6.07, 6.45) is 0. The zero-order chi connectivity index (χ0) is 13.8. The Bertz CT molecular complexity index is 586. The van der Waals surface area contributed by atoms with Gasteiger partial charge in [0.05, 0.1) is 7.11 Å². The van der Waals surface area contributed by atoms with Gasteiger partial charge >= 0.3 is 0 Å². The largest absolute Gasteiger partial charge is 0.496 e. The van der Waals surface area contributed by atoms with E-state index in [9.17, 15) is 0 Å². The molecule has 0 aromatic heterocycles. The Morgan fingerprint density at radius 1 is 1.21 bits per heavy atom. The van der Waals surface area contributed by atoms with Crippen LogP contribution in [0.25, 0.3) is 0 Å². The number of hydrogen-bond acceptors (Lipinski definition) is 2. The van der Waals surface area contributed by atoms with Gasteiger partial charge in [0, 0.05) is 27.3 Å². The van der Waals surface area contributed by atoms with E-state index in [1.165, 1.54) is 5.56 Å². The number of aryl methyl sites for hydroxylation is 1. The summed E-state index contributed by atoms with van der Waals surface area (Å²) in [6.45, 7) is 2.74. The van der Waals surface area contributed by atoms with E-state index in [0.717, 1.165) is 21.5 Å². The average Bonchev–Trinajstić information content (AvgIpc) is 2.40. The maximum absolute atomic E-state index is 6.02. The molecule has 2 rings (SSSR count). The van der Waals surface area contributed by atoms with Gasteiger partial charge in [0.2, 0.25) is 0 Å². The summed E-state index contributed by atoms with van der Waals surface area (Å²) in [4.78, 5) is 0. The van der Waals surface area contributed by atoms with Crippen molar-refractivity contribution >= 4 is 33.2 Å². The van der Waals surface area contributed by atoms with Gasteiger partial charge in [0.15, 0.2) is 0 Å². The summed E-state index contributed by atoms with van der Waals surface area (Å²) in [7, 11) is 1.66. The molecule has 0 radical (unpaired) electrons. The molecule has 0 saturated carbocycles. The molecule has 19 heavy (non-hydrogen) atoms. The summed E-state index contributed by atoms with van der Waals surface area (Å²) in [6, 6.07) is 11.8. The Morgan fingerprint density at radius 3 is 2.74 bits per heavy atom. The average molecular weight is 341 g/mol. The molecule has 100 valence electrons. The van der Waals surface area contributed by atoms with Crippen LogP contribution < -0.4 is 10.1 Å². The number of hydrogen-bond donors (Lipinski definition) is 1. The van der Waals surface area contributed by atoms with Gasteiger partial charge in [-0.3, -0.25) is 0 Å². The molecule has 4 heteroatoms. The number of rotatable bonds is 4. The first-order valence-electron chi connectivity index (χ1n) is 5.92. The molecular formula is C15H15BrClNO. The quantitative estimate of drug-likeness (QED) is 0.842. The standard InChI is InChI=1S/C15H15BrClNO/c1-10-3-4-12(16)8-14(10)18-9-11-7-13(17)5-6-15(11)19-2/h3-8,18H,9H2,1-2H3. The zero-order valence-corrected chi connectivity index (χ0v) is 13.2. The lowest BCUT2D eigenvalue weighted by Gasteiger charge is -2.13. The molecule has 1 N–H and O–H groups in total. The highest BCUT2D eigenvalue weighted by Gasteiger charge is 2.05. The molecule has 0 fully saturated rings. The zero-order valence-electron chi connectivity index (χ0n) is 10.8. The molecule has 2 nitrogen and oxygen atoms in total. The lowest BCUT2D eigenvalue weighted by molar-refractivity contribution is 0.410. The van der Waals surface area contributed by atoms with Crippen molar-refractivity contribution in [3.05, 3.63) is 57.0 Å². The van der Waals surface area contributed by atoms with Gasteiger partial charge in [0.25, 0.3) is 0 Å². The van der Waals surface area contributed by atoms with Crippen LogP contribution in [0.1, 0.15) is 11.1 Å². The van der Waals surface area contributed by atoms with E-state index in [1.54, 1.807) is 7.11 Å². The number of ether oxygens (including phenoxy) is 1. The van der Waals surface area contributed by atoms with E-state index in [-0.39, 0.29) is 0 Å². The van der Waals surface area contributed by atoms with Crippen LogP contribution >= 0.6 is 27.5 Å². The maximum Gasteiger partial charge on any atom is 0.123 e. The second-order valence-corrected chi connectivity index (χ2v) is 5.62. The lowest BCUT2D eigenvalue weighted by atomic mass is 10.1. The SMILES string of the molecule is COc1ccc(Cl)cc1CNc1cc(Br)ccc1C. The highest BCUT2D eigenvalue weighted by Crippen LogP contribution is 2.25. The fourth-order valence-corrected chi connectivity index (χ4v) is 2.42. The number of nitrogens with one attached hydrogen (secondary N) is 1. The van der Waals surface area contributed by atoms with Gasteiger partial charge in [-0.25, -0.2) is 0 Å². The first-order valence-corrected chi connectivity index (χ1v) is 7.09. The second kappa shape index (κ2) is 6.31. The summed E-state index contributed by atoms with van der Waals surface area (Å²) in [5.74, 6) is 0.838. The molecule has 0 atom stereocenters. The van der Waals surface area contributed by atoms with Crippen LogP contribution in [-0.2, 0) is 6.54 Å². The maximum atomic E-state index is 6.02. The van der Waals surface area contributed by atoms with Crippen molar-refractivity contribution in [3.63, 3.8) is 0 Å². The highest BCUT2D eigenvalue weighted by molar-refractivity contribution is 9.10. The summed E-state index contributed by atoms with van der Waals surface area (Å²) in [5, 5.41) is 4.11. The van der Waals surface area contributed by atoms with E-state index in [2.05, 4.69) is 40.3 Å². The molecule has 0 amide bonds. The number of methoxy groups -OCH3 is 1. The van der Waals surface area contributed by atoms with Crippen molar-refractivity contribution in [2.24, 2.45) is 0 Å². The monoisotopic (exact) mass is 339 g/mol. The van der Waals surface area contributed by atoms with Crippen LogP contribution in [-0.4, -0.2) is 7.11 Å². The van der Waals surface area contributed by atoms with Crippen LogP contribution in [0, 0.1) is 6.92 Å². The summed E-state index contributed by atoms with van der Waals surface area (Å²) in [5.41, 5.74) is 3.33. The van der Waals surface area contributed by atoms with Crippen molar-refractivity contribution in [2.75, 3.05) is 12.4 Å². The fourth-order valence-electron chi connectivity index (χ4n) is 1.86. The molecule has 2 aromatic rings. The Kier molecular flexibility index (Phi) is 4.72. The van der Waals surface area contributed by atoms with Crippen LogP contribution in [0.5, 0.6) is 5.75 Å². The van der Waals surface area contributed by atoms with Gasteiger partial charge in [-0.05, 0) is 42.8 Å². The molecule has 0 spiro atoms. The Balaban J connectivity index is 2.18. The number of anilines is 1. The fraction of sp³-hybridized carbons (Fsp3) is 0.200. The van der Waals surface area contributed by atoms with Crippen LogP contribution in [0.3, 0.4) is 0 Å². The van der Waals surface area contributed by atoms with Gasteiger partial charge in [-0.2, -0.15) is 0 Å². The first-order chi connectivity index (χ1) is 9.10. The lowest BCUT2D eigenvalue weighted by Crippen LogP contribution is -2.03. The third-order valence-corrected chi connectivity index (χ3v) is 3.64. The van der Waals surface area contributed by atoms with Crippen molar-refractivity contribution in [1.82, 2.24) is 0 Å². The van der Waals surface area contributed by atoms with Crippen LogP contribution in [0.15, 0.2) is 40.9 Å². The summed E-state index contributed by atoms with van der Waals surface area (Å²) < 4.78 is 6.39. The highest BCUT2D eigenvalue weighted by atomic mass is 79.9. The van der Waals surface area contributed by atoms with E-state index < -0.39 is 0 Å². The minimum atomic E-state index is 0.668. The molecule has 0 saturated heterocycles. The Labute approximate surface area is 126 Å². The smallest absolute Gasteiger partial charge is 0.123 e. The molecular weight excluding hydrogens is 326 g/mol. The first kappa shape index (κ1) is 14.2. The molecule has 0 aliphatic heterocycles. The molecule has 0 unspecified atom stereocenters. The molecule has 2 aromatic carbocycles. The number of halogens is 2. The molecule has 0 bridgehead atoms. The predicted molar refractivity (Wildman–Crippen MR) is 84.2 cm³/mol. The normalized spacial score (nSPS) is 10.3. The van der Waals surface area contributed by atoms with Crippen molar-refractivity contribution in [2.45, 2.75) is 13.5 Å². The van der Waals surface area contributed by atoms with E-state index in [1.807, 2.05) is 24.3 Å². The summed E-state index contributed by atoms with van der Waals surface area (Å²) >= 11 is 9.50. The van der Waals surface area contributed by atoms with E-state index >= 15 is 0 Å². The third kappa shape index (κ3) is 3.64. The predicted octanol–water partition coefficient (Wildman–Crippen LogP) is 5.03. The van der Waals surface area contributed by atoms with Crippen LogP contribution in [0.2, 0.25) is 5.02 Å². The van der Waals surface area contributed by atoms with Gasteiger partial charge < -0.3 is 10.1 Å². The van der Waals surface area contributed by atoms with Gasteiger partial charge in [-0.15, -0.1) is 0 Å². The van der Waals surface area contributed by atoms with Crippen molar-refractivity contribution < 1.29 is 4.74 Å². The third-order valence-electron chi connectivity index (χ3n) is 2.91. The minimum absolute atomic E-state index is 0.668. The van der Waals surface area contributed by atoms with Crippen molar-refractivity contribution in [3.8, 4) is 5.75 Å². The second-order valence-electron chi connectivity index (χ2n) is 4.27.